The van der Waals surface area contributed by atoms with E-state index >= 15 is 0 Å². The molecule has 112 valence electrons. The Morgan fingerprint density at radius 3 is 2.86 bits per heavy atom. The zero-order chi connectivity index (χ0) is 14.7. The second-order valence-electron chi connectivity index (χ2n) is 6.04. The van der Waals surface area contributed by atoms with Crippen LogP contribution in [-0.4, -0.2) is 16.5 Å². The molecule has 2 aromatic rings. The normalized spacial score (nSPS) is 15.7. The van der Waals surface area contributed by atoms with Crippen molar-refractivity contribution in [1.82, 2.24) is 9.88 Å². The molecule has 1 aromatic carbocycles. The Hall–Kier alpha value is -1.77. The summed E-state index contributed by atoms with van der Waals surface area (Å²) in [5.41, 5.74) is 2.52. The van der Waals surface area contributed by atoms with Crippen LogP contribution in [0.1, 0.15) is 44.6 Å². The van der Waals surface area contributed by atoms with Crippen LogP contribution >= 0.6 is 0 Å². The fourth-order valence-electron chi connectivity index (χ4n) is 3.31. The van der Waals surface area contributed by atoms with Crippen molar-refractivity contribution >= 4 is 16.8 Å². The summed E-state index contributed by atoms with van der Waals surface area (Å²) in [4.78, 5) is 12.0. The van der Waals surface area contributed by atoms with E-state index in [1.165, 1.54) is 29.3 Å². The second-order valence-corrected chi connectivity index (χ2v) is 6.04. The van der Waals surface area contributed by atoms with E-state index in [0.717, 1.165) is 25.8 Å². The Morgan fingerprint density at radius 2 is 2.10 bits per heavy atom. The summed E-state index contributed by atoms with van der Waals surface area (Å²) in [6.45, 7) is 3.15. The molecule has 1 fully saturated rings. The summed E-state index contributed by atoms with van der Waals surface area (Å²) in [5.74, 6) is 0.202. The van der Waals surface area contributed by atoms with Gasteiger partial charge in [0.2, 0.25) is 5.91 Å². The van der Waals surface area contributed by atoms with Crippen LogP contribution in [0, 0.1) is 0 Å². The van der Waals surface area contributed by atoms with Crippen molar-refractivity contribution < 1.29 is 4.79 Å². The van der Waals surface area contributed by atoms with Gasteiger partial charge in [-0.05, 0) is 55.3 Å². The van der Waals surface area contributed by atoms with Crippen molar-refractivity contribution in [1.29, 1.82) is 0 Å². The highest BCUT2D eigenvalue weighted by molar-refractivity contribution is 5.81. The zero-order valence-corrected chi connectivity index (χ0v) is 12.8. The summed E-state index contributed by atoms with van der Waals surface area (Å²) in [6.07, 6.45) is 8.38. The third-order valence-corrected chi connectivity index (χ3v) is 4.54. The van der Waals surface area contributed by atoms with Crippen molar-refractivity contribution in [2.24, 2.45) is 0 Å². The zero-order valence-electron chi connectivity index (χ0n) is 12.8. The second kappa shape index (κ2) is 6.33. The molecule has 0 spiro atoms. The van der Waals surface area contributed by atoms with E-state index in [1.54, 1.807) is 0 Å². The largest absolute Gasteiger partial charge is 0.353 e. The van der Waals surface area contributed by atoms with Crippen molar-refractivity contribution in [2.45, 2.75) is 58.0 Å². The minimum absolute atomic E-state index is 0.202. The van der Waals surface area contributed by atoms with E-state index in [2.05, 4.69) is 47.3 Å². The number of nitrogens with one attached hydrogen (secondary N) is 1. The fraction of sp³-hybridized carbons (Fsp3) is 0.500. The number of aromatic nitrogens is 1. The molecule has 3 rings (SSSR count). The predicted octanol–water partition coefficient (Wildman–Crippen LogP) is 3.65. The van der Waals surface area contributed by atoms with Crippen molar-refractivity contribution in [3.8, 4) is 0 Å². The van der Waals surface area contributed by atoms with E-state index in [4.69, 9.17) is 0 Å². The first-order valence-electron chi connectivity index (χ1n) is 8.13. The predicted molar refractivity (Wildman–Crippen MR) is 86.3 cm³/mol. The van der Waals surface area contributed by atoms with E-state index in [0.29, 0.717) is 12.5 Å². The molecule has 1 aliphatic carbocycles. The summed E-state index contributed by atoms with van der Waals surface area (Å²) >= 11 is 0. The van der Waals surface area contributed by atoms with Crippen LogP contribution in [-0.2, 0) is 17.8 Å². The van der Waals surface area contributed by atoms with E-state index in [9.17, 15) is 4.79 Å². The monoisotopic (exact) mass is 284 g/mol. The maximum Gasteiger partial charge on any atom is 0.220 e. The number of nitrogens with zero attached hydrogens (tertiary/aromatic N) is 1. The van der Waals surface area contributed by atoms with Gasteiger partial charge in [-0.1, -0.05) is 18.9 Å². The van der Waals surface area contributed by atoms with Gasteiger partial charge >= 0.3 is 0 Å². The smallest absolute Gasteiger partial charge is 0.220 e. The molecule has 1 aromatic heterocycles. The Morgan fingerprint density at radius 1 is 1.29 bits per heavy atom. The molecule has 3 heteroatoms. The summed E-state index contributed by atoms with van der Waals surface area (Å²) < 4.78 is 2.24. The van der Waals surface area contributed by atoms with Gasteiger partial charge in [-0.3, -0.25) is 4.79 Å². The van der Waals surface area contributed by atoms with E-state index in [1.807, 2.05) is 0 Å². The number of amides is 1. The van der Waals surface area contributed by atoms with Gasteiger partial charge in [-0.2, -0.15) is 0 Å². The third kappa shape index (κ3) is 3.29. The molecule has 0 saturated heterocycles. The molecular weight excluding hydrogens is 260 g/mol. The van der Waals surface area contributed by atoms with Crippen LogP contribution in [0.25, 0.3) is 10.9 Å². The van der Waals surface area contributed by atoms with Gasteiger partial charge in [0, 0.05) is 30.7 Å². The topological polar surface area (TPSA) is 34.0 Å². The van der Waals surface area contributed by atoms with Gasteiger partial charge in [0.05, 0.1) is 0 Å². The third-order valence-electron chi connectivity index (χ3n) is 4.54. The van der Waals surface area contributed by atoms with Crippen molar-refractivity contribution in [3.05, 3.63) is 36.0 Å². The Bertz CT molecular complexity index is 623. The number of rotatable bonds is 5. The van der Waals surface area contributed by atoms with Gasteiger partial charge in [0.1, 0.15) is 0 Å². The molecular formula is C18H24N2O. The average molecular weight is 284 g/mol. The Labute approximate surface area is 126 Å². The maximum atomic E-state index is 12.0. The highest BCUT2D eigenvalue weighted by Crippen LogP contribution is 2.19. The molecule has 0 bridgehead atoms. The molecule has 21 heavy (non-hydrogen) atoms. The first kappa shape index (κ1) is 14.2. The highest BCUT2D eigenvalue weighted by Gasteiger charge is 2.16. The van der Waals surface area contributed by atoms with Crippen LogP contribution in [0.5, 0.6) is 0 Å². The van der Waals surface area contributed by atoms with Crippen LogP contribution in [0.3, 0.4) is 0 Å². The minimum Gasteiger partial charge on any atom is -0.353 e. The van der Waals surface area contributed by atoms with E-state index < -0.39 is 0 Å². The first-order valence-corrected chi connectivity index (χ1v) is 8.13. The molecule has 3 nitrogen and oxygen atoms in total. The molecule has 1 heterocycles. The van der Waals surface area contributed by atoms with E-state index in [-0.39, 0.29) is 5.91 Å². The molecule has 1 N–H and O–H groups in total. The summed E-state index contributed by atoms with van der Waals surface area (Å²) in [6, 6.07) is 9.12. The van der Waals surface area contributed by atoms with Crippen LogP contribution in [0.4, 0.5) is 0 Å². The molecule has 1 amide bonds. The van der Waals surface area contributed by atoms with Gasteiger partial charge < -0.3 is 9.88 Å². The number of carbonyl (C=O) groups excluding carboxylic acids is 1. The molecule has 0 unspecified atom stereocenters. The highest BCUT2D eigenvalue weighted by atomic mass is 16.1. The standard InChI is InChI=1S/C18H24N2O/c1-2-20-12-11-15-13-14(7-9-17(15)20)8-10-18(21)19-16-5-3-4-6-16/h7,9,11-13,16H,2-6,8,10H2,1H3,(H,19,21). The Kier molecular flexibility index (Phi) is 4.28. The number of carbonyl (C=O) groups is 1. The lowest BCUT2D eigenvalue weighted by Gasteiger charge is -2.11. The first-order chi connectivity index (χ1) is 10.3. The lowest BCUT2D eigenvalue weighted by atomic mass is 10.1. The van der Waals surface area contributed by atoms with Gasteiger partial charge in [0.25, 0.3) is 0 Å². The van der Waals surface area contributed by atoms with Gasteiger partial charge in [-0.15, -0.1) is 0 Å². The van der Waals surface area contributed by atoms with Gasteiger partial charge in [-0.25, -0.2) is 0 Å². The van der Waals surface area contributed by atoms with Crippen LogP contribution in [0.15, 0.2) is 30.5 Å². The maximum absolute atomic E-state index is 12.0. The van der Waals surface area contributed by atoms with Gasteiger partial charge in [0.15, 0.2) is 0 Å². The number of aryl methyl sites for hydroxylation is 2. The van der Waals surface area contributed by atoms with Crippen LogP contribution < -0.4 is 5.32 Å². The van der Waals surface area contributed by atoms with Crippen LogP contribution in [0.2, 0.25) is 0 Å². The quantitative estimate of drug-likeness (QED) is 0.893. The fourth-order valence-corrected chi connectivity index (χ4v) is 3.31. The van der Waals surface area contributed by atoms with Crippen molar-refractivity contribution in [2.75, 3.05) is 0 Å². The SMILES string of the molecule is CCn1ccc2cc(CCC(=O)NC3CCCC3)ccc21. The average Bonchev–Trinajstić information content (AvgIpc) is 3.13. The molecule has 0 aliphatic heterocycles. The number of hydrogen-bond acceptors (Lipinski definition) is 1. The molecule has 0 atom stereocenters. The molecule has 1 aliphatic rings. The molecule has 0 radical (unpaired) electrons. The van der Waals surface area contributed by atoms with Crippen molar-refractivity contribution in [3.63, 3.8) is 0 Å². The summed E-state index contributed by atoms with van der Waals surface area (Å²) in [5, 5.41) is 4.43. The summed E-state index contributed by atoms with van der Waals surface area (Å²) in [7, 11) is 0. The lowest BCUT2D eigenvalue weighted by Crippen LogP contribution is -2.32. The number of benzene rings is 1. The lowest BCUT2D eigenvalue weighted by molar-refractivity contribution is -0.121. The Balaban J connectivity index is 1.58. The number of hydrogen-bond donors (Lipinski definition) is 1. The molecule has 1 saturated carbocycles. The number of fused-ring (bicyclic) bond motifs is 1. The minimum atomic E-state index is 0.202.